The van der Waals surface area contributed by atoms with Gasteiger partial charge in [-0.05, 0) is 136 Å². The Morgan fingerprint density at radius 1 is 0.636 bits per heavy atom. The zero-order valence-electron chi connectivity index (χ0n) is 21.7. The Balaban J connectivity index is 0.000000209. The van der Waals surface area contributed by atoms with E-state index in [-0.39, 0.29) is 0 Å². The normalized spacial score (nSPS) is 35.7. The Morgan fingerprint density at radius 3 is 1.21 bits per heavy atom. The molecule has 4 saturated carbocycles. The molecule has 0 nitrogen and oxygen atoms in total. The van der Waals surface area contributed by atoms with Crippen molar-refractivity contribution >= 4 is 17.0 Å². The second-order valence-corrected chi connectivity index (χ2v) is 15.1. The molecule has 0 N–H and O–H groups in total. The van der Waals surface area contributed by atoms with Gasteiger partial charge in [0.25, 0.3) is 0 Å². The van der Waals surface area contributed by atoms with Gasteiger partial charge in [0.15, 0.2) is 0 Å². The van der Waals surface area contributed by atoms with E-state index in [4.69, 9.17) is 17.0 Å². The zero-order valence-corrected chi connectivity index (χ0v) is 25.7. The molecule has 10 radical (unpaired) electrons. The number of hydrogen-bond acceptors (Lipinski definition) is 0. The van der Waals surface area contributed by atoms with Gasteiger partial charge in [0.2, 0.25) is 0 Å². The van der Waals surface area contributed by atoms with E-state index in [1.165, 1.54) is 38.5 Å². The average molecular weight is 569 g/mol. The van der Waals surface area contributed by atoms with Gasteiger partial charge in [0.05, 0.1) is 0 Å². The van der Waals surface area contributed by atoms with E-state index in [1.54, 1.807) is 11.8 Å². The first kappa shape index (κ1) is 30.7. The van der Waals surface area contributed by atoms with Crippen LogP contribution in [0.5, 0.6) is 0 Å². The molecule has 184 valence electrons. The summed E-state index contributed by atoms with van der Waals surface area (Å²) in [5.74, 6) is 10.1. The van der Waals surface area contributed by atoms with E-state index in [9.17, 15) is 0 Å². The maximum atomic E-state index is 4.93. The molecule has 4 rings (SSSR count). The van der Waals surface area contributed by atoms with Crippen molar-refractivity contribution in [1.82, 2.24) is 0 Å². The van der Waals surface area contributed by atoms with Gasteiger partial charge in [-0.15, -0.1) is 0 Å². The topological polar surface area (TPSA) is 0 Å². The third-order valence-electron chi connectivity index (χ3n) is 8.28. The van der Waals surface area contributed by atoms with Gasteiger partial charge in [-0.2, -0.15) is 0 Å². The van der Waals surface area contributed by atoms with Crippen molar-refractivity contribution in [2.24, 2.45) is 47.3 Å². The first-order valence-electron chi connectivity index (χ1n) is 13.2. The van der Waals surface area contributed by atoms with Crippen LogP contribution in [0, 0.1) is 111 Å². The second-order valence-electron chi connectivity index (χ2n) is 11.4. The summed E-state index contributed by atoms with van der Waals surface area (Å²) < 4.78 is 0. The molecule has 4 aliphatic carbocycles. The molecule has 6 atom stereocenters. The van der Waals surface area contributed by atoms with Crippen LogP contribution in [-0.4, -0.2) is 0 Å². The number of hydrogen-bond donors (Lipinski definition) is 0. The fraction of sp³-hybridized carbons (Fsp3) is 0.667. The van der Waals surface area contributed by atoms with Gasteiger partial charge < -0.3 is 0 Å². The van der Waals surface area contributed by atoms with Crippen molar-refractivity contribution in [3.63, 3.8) is 0 Å². The van der Waals surface area contributed by atoms with Crippen LogP contribution >= 0.6 is 17.0 Å². The van der Waals surface area contributed by atoms with Crippen LogP contribution in [0.3, 0.4) is 0 Å². The second kappa shape index (κ2) is 16.3. The van der Waals surface area contributed by atoms with E-state index in [0.717, 1.165) is 47.3 Å². The van der Waals surface area contributed by atoms with Gasteiger partial charge in [-0.1, -0.05) is 54.4 Å². The van der Waals surface area contributed by atoms with Crippen LogP contribution < -0.4 is 0 Å². The minimum atomic E-state index is -0.826. The van der Waals surface area contributed by atoms with Gasteiger partial charge in [0, 0.05) is 0 Å². The minimum absolute atomic E-state index is 0.823. The van der Waals surface area contributed by atoms with E-state index in [2.05, 4.69) is 92.9 Å². The van der Waals surface area contributed by atoms with Crippen molar-refractivity contribution in [3.05, 3.63) is 63.2 Å². The summed E-state index contributed by atoms with van der Waals surface area (Å²) in [4.78, 5) is 0. The van der Waals surface area contributed by atoms with E-state index in [1.807, 2.05) is 0 Å². The molecule has 0 aromatic heterocycles. The molecule has 0 bridgehead atoms. The molecule has 4 fully saturated rings. The zero-order chi connectivity index (χ0) is 24.4. The summed E-state index contributed by atoms with van der Waals surface area (Å²) in [6.07, 6.45) is 26.5. The van der Waals surface area contributed by atoms with E-state index in [0.29, 0.717) is 0 Å². The monoisotopic (exact) mass is 566 g/mol. The summed E-state index contributed by atoms with van der Waals surface area (Å²) in [5, 5.41) is 0. The molecule has 4 aliphatic rings. The number of rotatable bonds is 4. The van der Waals surface area contributed by atoms with Crippen molar-refractivity contribution in [2.75, 3.05) is 0 Å². The molecule has 3 heteroatoms. The summed E-state index contributed by atoms with van der Waals surface area (Å²) in [6, 6.07) is 0. The maximum absolute atomic E-state index is 4.93. The fourth-order valence-corrected chi connectivity index (χ4v) is 6.44. The van der Waals surface area contributed by atoms with Crippen LogP contribution in [0.15, 0.2) is 0 Å². The van der Waals surface area contributed by atoms with Gasteiger partial charge in [-0.3, -0.25) is 0 Å². The van der Waals surface area contributed by atoms with E-state index < -0.39 is 20.8 Å². The fourth-order valence-electron chi connectivity index (χ4n) is 6.44. The molecule has 6 unspecified atom stereocenters. The Kier molecular flexibility index (Phi) is 15.2. The van der Waals surface area contributed by atoms with E-state index >= 15 is 0 Å². The quantitative estimate of drug-likeness (QED) is 0.317. The van der Waals surface area contributed by atoms with Crippen LogP contribution in [0.1, 0.15) is 80.1 Å². The Labute approximate surface area is 227 Å². The predicted molar refractivity (Wildman–Crippen MR) is 142 cm³/mol. The van der Waals surface area contributed by atoms with Gasteiger partial charge in [-0.25, -0.2) is 0 Å². The molecule has 0 saturated heterocycles. The Hall–Kier alpha value is 1.46. The van der Waals surface area contributed by atoms with Crippen molar-refractivity contribution in [3.8, 4) is 0 Å². The molecular formula is C30H46Cl2Zr. The van der Waals surface area contributed by atoms with Crippen LogP contribution in [-0.2, 0) is 20.8 Å². The molecule has 0 aromatic carbocycles. The Bertz CT molecular complexity index is 452. The Morgan fingerprint density at radius 2 is 0.939 bits per heavy atom. The van der Waals surface area contributed by atoms with Crippen LogP contribution in [0.25, 0.3) is 0 Å². The summed E-state index contributed by atoms with van der Waals surface area (Å²) in [5.41, 5.74) is 0. The molecule has 33 heavy (non-hydrogen) atoms. The molecular weight excluding hydrogens is 522 g/mol. The summed E-state index contributed by atoms with van der Waals surface area (Å²) in [7, 11) is 9.87. The first-order valence-corrected chi connectivity index (χ1v) is 19.5. The van der Waals surface area contributed by atoms with Crippen molar-refractivity contribution in [2.45, 2.75) is 80.1 Å². The van der Waals surface area contributed by atoms with Crippen molar-refractivity contribution < 1.29 is 20.8 Å². The average Bonchev–Trinajstić information content (AvgIpc) is 3.49. The van der Waals surface area contributed by atoms with Crippen molar-refractivity contribution in [1.29, 1.82) is 0 Å². The third kappa shape index (κ3) is 10.0. The number of halogens is 2. The first-order chi connectivity index (χ1) is 15.8. The molecule has 0 amide bonds. The van der Waals surface area contributed by atoms with Crippen LogP contribution in [0.4, 0.5) is 0 Å². The SMILES string of the molecule is CC1CCC(C(C)C)C([C]2[CH][CH][CH][CH]2)C1.CC1CCC(C(C)C)C([C]2[CH][CH][CH][CH]2)C1.[Cl][Zr][Cl]. The molecule has 0 heterocycles. The predicted octanol–water partition coefficient (Wildman–Crippen LogP) is 9.58. The molecule has 0 aliphatic heterocycles. The molecule has 0 spiro atoms. The molecule has 0 aromatic rings. The summed E-state index contributed by atoms with van der Waals surface area (Å²) in [6.45, 7) is 14.4. The third-order valence-corrected chi connectivity index (χ3v) is 8.28. The standard InChI is InChI=1S/2C15H23.2ClH.Zr/c2*1-11(2)14-9-8-12(3)10-15(14)13-6-4-5-7-13;;;/h2*4-7,11-12,14-15H,8-10H2,1-3H3;2*1H;/q;;;;+2/p-2. The van der Waals surface area contributed by atoms with Crippen LogP contribution in [0.2, 0.25) is 0 Å². The van der Waals surface area contributed by atoms with Gasteiger partial charge >= 0.3 is 37.9 Å². The van der Waals surface area contributed by atoms with Gasteiger partial charge in [0.1, 0.15) is 0 Å². The summed E-state index contributed by atoms with van der Waals surface area (Å²) >= 11 is -0.826.